The highest BCUT2D eigenvalue weighted by atomic mass is 32.2. The number of nitrogens with two attached hydrogens (primary N) is 1. The summed E-state index contributed by atoms with van der Waals surface area (Å²) in [4.78, 5) is 28.1. The molecular weight excluding hydrogens is 456 g/mol. The first-order valence-electron chi connectivity index (χ1n) is 11.0. The van der Waals surface area contributed by atoms with Crippen LogP contribution < -0.4 is 15.2 Å². The lowest BCUT2D eigenvalue weighted by Crippen LogP contribution is -2.23. The Bertz CT molecular complexity index is 1370. The van der Waals surface area contributed by atoms with Crippen molar-refractivity contribution in [3.63, 3.8) is 0 Å². The fourth-order valence-corrected chi connectivity index (χ4v) is 5.32. The maximum atomic E-state index is 11.6. The summed E-state index contributed by atoms with van der Waals surface area (Å²) in [7, 11) is 0. The summed E-state index contributed by atoms with van der Waals surface area (Å²) in [5, 5.41) is 7.97. The highest BCUT2D eigenvalue weighted by molar-refractivity contribution is 7.99. The van der Waals surface area contributed by atoms with Gasteiger partial charge in [0.05, 0.1) is 12.2 Å². The summed E-state index contributed by atoms with van der Waals surface area (Å²) in [6.07, 6.45) is 4.73. The molecule has 0 unspecified atom stereocenters. The van der Waals surface area contributed by atoms with Crippen molar-refractivity contribution in [2.45, 2.75) is 29.4 Å². The molecule has 2 aliphatic rings. The number of aryl methyl sites for hydroxylation is 1. The van der Waals surface area contributed by atoms with Crippen LogP contribution in [0.2, 0.25) is 0 Å². The fraction of sp³-hybridized carbons (Fsp3) is 0.318. The molecule has 5 heterocycles. The number of carbonyl (C=O) groups excluding carboxylic acids is 1. The number of rotatable bonds is 7. The quantitative estimate of drug-likeness (QED) is 0.407. The molecule has 11 nitrogen and oxygen atoms in total. The molecule has 4 aromatic rings. The number of benzene rings is 1. The van der Waals surface area contributed by atoms with Gasteiger partial charge in [-0.05, 0) is 24.6 Å². The number of hydrogen-bond donors (Lipinski definition) is 2. The predicted octanol–water partition coefficient (Wildman–Crippen LogP) is 2.34. The van der Waals surface area contributed by atoms with Crippen molar-refractivity contribution in [2.75, 3.05) is 32.2 Å². The molecule has 0 radical (unpaired) electrons. The zero-order chi connectivity index (χ0) is 23.1. The Hall–Kier alpha value is -3.64. The Morgan fingerprint density at radius 3 is 2.85 bits per heavy atom. The first-order chi connectivity index (χ1) is 16.7. The summed E-state index contributed by atoms with van der Waals surface area (Å²) < 4.78 is 13.3. The number of nitrogen functional groups attached to an aromatic ring is 1. The summed E-state index contributed by atoms with van der Waals surface area (Å²) >= 11 is 1.49. The molecule has 0 spiro atoms. The Labute approximate surface area is 198 Å². The van der Waals surface area contributed by atoms with Crippen LogP contribution in [0.15, 0.2) is 40.8 Å². The van der Waals surface area contributed by atoms with Crippen molar-refractivity contribution in [3.8, 4) is 22.8 Å². The Morgan fingerprint density at radius 1 is 1.18 bits per heavy atom. The van der Waals surface area contributed by atoms with E-state index in [0.717, 1.165) is 40.8 Å². The second kappa shape index (κ2) is 8.61. The topological polar surface area (TPSA) is 137 Å². The van der Waals surface area contributed by atoms with Gasteiger partial charge in [0.15, 0.2) is 33.6 Å². The molecule has 6 rings (SSSR count). The smallest absolute Gasteiger partial charge is 0.231 e. The zero-order valence-corrected chi connectivity index (χ0v) is 19.0. The Kier molecular flexibility index (Phi) is 5.30. The highest BCUT2D eigenvalue weighted by Gasteiger charge is 2.23. The number of nitrogens with zero attached hydrogens (tertiary/aromatic N) is 6. The SMILES string of the molecule is Nc1ncnc2c1nc(Sc1cc3c(cc1-c1cc[nH]n1)OCO3)n2CCCN1CCC(=O)C1. The zero-order valence-electron chi connectivity index (χ0n) is 18.2. The van der Waals surface area contributed by atoms with Crippen molar-refractivity contribution >= 4 is 34.5 Å². The largest absolute Gasteiger partial charge is 0.454 e. The second-order valence-corrected chi connectivity index (χ2v) is 9.17. The van der Waals surface area contributed by atoms with E-state index in [2.05, 4.69) is 29.6 Å². The van der Waals surface area contributed by atoms with Crippen LogP contribution in [0.5, 0.6) is 11.5 Å². The number of fused-ring (bicyclic) bond motifs is 2. The van der Waals surface area contributed by atoms with Gasteiger partial charge in [0.2, 0.25) is 6.79 Å². The fourth-order valence-electron chi connectivity index (χ4n) is 4.26. The lowest BCUT2D eigenvalue weighted by Gasteiger charge is -2.15. The number of carbonyl (C=O) groups is 1. The number of aromatic nitrogens is 6. The van der Waals surface area contributed by atoms with Gasteiger partial charge in [-0.3, -0.25) is 14.8 Å². The van der Waals surface area contributed by atoms with Crippen molar-refractivity contribution in [1.29, 1.82) is 0 Å². The first-order valence-corrected chi connectivity index (χ1v) is 11.8. The average molecular weight is 479 g/mol. The maximum absolute atomic E-state index is 11.6. The molecule has 0 aliphatic carbocycles. The summed E-state index contributed by atoms with van der Waals surface area (Å²) in [5.74, 6) is 2.01. The van der Waals surface area contributed by atoms with Crippen LogP contribution in [0.4, 0.5) is 5.82 Å². The number of H-pyrrole nitrogens is 1. The number of aromatic amines is 1. The summed E-state index contributed by atoms with van der Waals surface area (Å²) in [5.41, 5.74) is 9.08. The number of Topliss-reactive ketones (excluding diaryl/α,β-unsaturated/α-hetero) is 1. The van der Waals surface area contributed by atoms with Gasteiger partial charge >= 0.3 is 0 Å². The number of ketones is 1. The maximum Gasteiger partial charge on any atom is 0.231 e. The van der Waals surface area contributed by atoms with Gasteiger partial charge in [-0.2, -0.15) is 5.10 Å². The van der Waals surface area contributed by atoms with Crippen LogP contribution in [-0.4, -0.2) is 66.8 Å². The molecule has 1 fully saturated rings. The van der Waals surface area contributed by atoms with Crippen LogP contribution >= 0.6 is 11.8 Å². The molecule has 2 aliphatic heterocycles. The van der Waals surface area contributed by atoms with Gasteiger partial charge in [-0.1, -0.05) is 11.8 Å². The molecule has 0 saturated carbocycles. The van der Waals surface area contributed by atoms with Crippen LogP contribution in [0.3, 0.4) is 0 Å². The third-order valence-corrected chi connectivity index (χ3v) is 6.99. The monoisotopic (exact) mass is 478 g/mol. The Morgan fingerprint density at radius 2 is 2.06 bits per heavy atom. The minimum Gasteiger partial charge on any atom is -0.454 e. The van der Waals surface area contributed by atoms with E-state index in [1.165, 1.54) is 18.1 Å². The highest BCUT2D eigenvalue weighted by Crippen LogP contribution is 2.44. The standard InChI is InChI=1S/C22H22N8O3S/c23-20-19-21(25-11-24-20)30(6-1-5-29-7-3-13(31)10-29)22(27-19)34-18-9-17-16(32-12-33-17)8-14(18)15-2-4-26-28-15/h2,4,8-9,11H,1,3,5-7,10,12H2,(H,26,28)(H2,23,24,25). The van der Waals surface area contributed by atoms with Gasteiger partial charge in [0.1, 0.15) is 12.1 Å². The number of ether oxygens (including phenoxy) is 2. The molecule has 12 heteroatoms. The normalized spacial score (nSPS) is 15.6. The second-order valence-electron chi connectivity index (χ2n) is 8.16. The van der Waals surface area contributed by atoms with Crippen molar-refractivity contribution in [2.24, 2.45) is 0 Å². The van der Waals surface area contributed by atoms with Crippen molar-refractivity contribution in [1.82, 2.24) is 34.6 Å². The summed E-state index contributed by atoms with van der Waals surface area (Å²) in [6, 6.07) is 5.79. The van der Waals surface area contributed by atoms with Gasteiger partial charge in [-0.25, -0.2) is 15.0 Å². The minimum absolute atomic E-state index is 0.188. The molecule has 174 valence electrons. The molecular formula is C22H22N8O3S. The van der Waals surface area contributed by atoms with E-state index in [0.29, 0.717) is 53.8 Å². The number of imidazole rings is 1. The van der Waals surface area contributed by atoms with E-state index in [4.69, 9.17) is 20.2 Å². The molecule has 1 aromatic carbocycles. The molecule has 3 aromatic heterocycles. The summed E-state index contributed by atoms with van der Waals surface area (Å²) in [6.45, 7) is 3.06. The van der Waals surface area contributed by atoms with Gasteiger partial charge in [0, 0.05) is 42.7 Å². The van der Waals surface area contributed by atoms with E-state index < -0.39 is 0 Å². The van der Waals surface area contributed by atoms with E-state index in [1.54, 1.807) is 6.20 Å². The van der Waals surface area contributed by atoms with Crippen molar-refractivity contribution < 1.29 is 14.3 Å². The number of hydrogen-bond acceptors (Lipinski definition) is 10. The van der Waals surface area contributed by atoms with E-state index in [1.807, 2.05) is 18.2 Å². The van der Waals surface area contributed by atoms with Gasteiger partial charge in [0.25, 0.3) is 0 Å². The molecule has 0 bridgehead atoms. The number of nitrogens with one attached hydrogen (secondary N) is 1. The predicted molar refractivity (Wildman–Crippen MR) is 125 cm³/mol. The lowest BCUT2D eigenvalue weighted by atomic mass is 10.1. The van der Waals surface area contributed by atoms with Crippen molar-refractivity contribution in [3.05, 3.63) is 30.7 Å². The van der Waals surface area contributed by atoms with E-state index in [9.17, 15) is 4.79 Å². The average Bonchev–Trinajstić information content (AvgIpc) is 3.62. The third-order valence-electron chi connectivity index (χ3n) is 5.94. The minimum atomic E-state index is 0.188. The lowest BCUT2D eigenvalue weighted by molar-refractivity contribution is -0.116. The number of anilines is 1. The first kappa shape index (κ1) is 20.9. The molecule has 1 saturated heterocycles. The Balaban J connectivity index is 1.35. The van der Waals surface area contributed by atoms with Crippen LogP contribution in [0.1, 0.15) is 12.8 Å². The van der Waals surface area contributed by atoms with Crippen LogP contribution in [0, 0.1) is 0 Å². The molecule has 34 heavy (non-hydrogen) atoms. The van der Waals surface area contributed by atoms with Gasteiger partial charge < -0.3 is 19.8 Å². The van der Waals surface area contributed by atoms with E-state index >= 15 is 0 Å². The van der Waals surface area contributed by atoms with Crippen LogP contribution in [0.25, 0.3) is 22.4 Å². The third kappa shape index (κ3) is 3.84. The molecule has 0 amide bonds. The van der Waals surface area contributed by atoms with E-state index in [-0.39, 0.29) is 6.79 Å². The van der Waals surface area contributed by atoms with Crippen LogP contribution in [-0.2, 0) is 11.3 Å². The molecule has 3 N–H and O–H groups in total. The molecule has 0 atom stereocenters. The van der Waals surface area contributed by atoms with Gasteiger partial charge in [-0.15, -0.1) is 0 Å². The number of likely N-dealkylation sites (tertiary alicyclic amines) is 1.